The molecule has 0 aromatic carbocycles. The fourth-order valence-electron chi connectivity index (χ4n) is 2.80. The molecule has 1 saturated carbocycles. The van der Waals surface area contributed by atoms with Gasteiger partial charge in [0, 0.05) is 19.0 Å². The third-order valence-electron chi connectivity index (χ3n) is 3.79. The lowest BCUT2D eigenvalue weighted by Gasteiger charge is -2.18. The van der Waals surface area contributed by atoms with Gasteiger partial charge >= 0.3 is 0 Å². The molecule has 0 bridgehead atoms. The average Bonchev–Trinajstić information content (AvgIpc) is 2.88. The Labute approximate surface area is 100 Å². The molecule has 0 spiro atoms. The molecule has 4 N–H and O–H groups in total. The van der Waals surface area contributed by atoms with Gasteiger partial charge in [-0.05, 0) is 18.8 Å². The Morgan fingerprint density at radius 2 is 2.12 bits per heavy atom. The van der Waals surface area contributed by atoms with Crippen molar-refractivity contribution in [3.8, 4) is 0 Å². The minimum atomic E-state index is -0.322. The van der Waals surface area contributed by atoms with Crippen LogP contribution < -0.4 is 11.1 Å². The van der Waals surface area contributed by atoms with Gasteiger partial charge in [-0.25, -0.2) is 0 Å². The predicted octanol–water partition coefficient (Wildman–Crippen LogP) is -1.71. The van der Waals surface area contributed by atoms with E-state index in [-0.39, 0.29) is 36.9 Å². The highest BCUT2D eigenvalue weighted by Crippen LogP contribution is 2.37. The monoisotopic (exact) mass is 241 g/mol. The molecule has 0 radical (unpaired) electrons. The largest absolute Gasteiger partial charge is 0.393 e. The van der Waals surface area contributed by atoms with Gasteiger partial charge < -0.3 is 21.1 Å². The quantitative estimate of drug-likeness (QED) is 0.548. The number of amides is 2. The first-order valence-corrected chi connectivity index (χ1v) is 6.04. The zero-order chi connectivity index (χ0) is 12.4. The SMILES string of the molecule is NCC(=O)NCC(=O)N1CC2CCC(O)C2C1. The van der Waals surface area contributed by atoms with Crippen molar-refractivity contribution < 1.29 is 14.7 Å². The van der Waals surface area contributed by atoms with Crippen molar-refractivity contribution in [3.63, 3.8) is 0 Å². The fraction of sp³-hybridized carbons (Fsp3) is 0.818. The summed E-state index contributed by atoms with van der Waals surface area (Å²) in [6.45, 7) is 1.23. The third kappa shape index (κ3) is 2.58. The molecule has 2 fully saturated rings. The number of hydrogen-bond acceptors (Lipinski definition) is 4. The number of nitrogens with two attached hydrogens (primary N) is 1. The zero-order valence-corrected chi connectivity index (χ0v) is 9.76. The van der Waals surface area contributed by atoms with Crippen LogP contribution in [0.3, 0.4) is 0 Å². The van der Waals surface area contributed by atoms with Gasteiger partial charge in [0.1, 0.15) is 0 Å². The van der Waals surface area contributed by atoms with Crippen LogP contribution in [0.5, 0.6) is 0 Å². The van der Waals surface area contributed by atoms with Crippen LogP contribution in [0.25, 0.3) is 0 Å². The topological polar surface area (TPSA) is 95.7 Å². The molecule has 3 unspecified atom stereocenters. The van der Waals surface area contributed by atoms with E-state index >= 15 is 0 Å². The summed E-state index contributed by atoms with van der Waals surface area (Å²) in [6.07, 6.45) is 1.57. The molecule has 1 heterocycles. The van der Waals surface area contributed by atoms with E-state index in [0.717, 1.165) is 12.8 Å². The van der Waals surface area contributed by atoms with Crippen molar-refractivity contribution in [3.05, 3.63) is 0 Å². The Hall–Kier alpha value is -1.14. The smallest absolute Gasteiger partial charge is 0.241 e. The molecule has 17 heavy (non-hydrogen) atoms. The van der Waals surface area contributed by atoms with Crippen LogP contribution in [0, 0.1) is 11.8 Å². The van der Waals surface area contributed by atoms with Crippen molar-refractivity contribution in [1.82, 2.24) is 10.2 Å². The molecule has 0 aromatic rings. The van der Waals surface area contributed by atoms with Gasteiger partial charge in [-0.15, -0.1) is 0 Å². The molecule has 1 aliphatic carbocycles. The van der Waals surface area contributed by atoms with Crippen molar-refractivity contribution in [2.75, 3.05) is 26.2 Å². The number of aliphatic hydroxyl groups is 1. The summed E-state index contributed by atoms with van der Waals surface area (Å²) < 4.78 is 0. The summed E-state index contributed by atoms with van der Waals surface area (Å²) in [7, 11) is 0. The van der Waals surface area contributed by atoms with Gasteiger partial charge in [-0.2, -0.15) is 0 Å². The van der Waals surface area contributed by atoms with Crippen LogP contribution in [-0.2, 0) is 9.59 Å². The minimum absolute atomic E-state index is 0.00552. The molecule has 2 aliphatic rings. The normalized spacial score (nSPS) is 31.4. The predicted molar refractivity (Wildman–Crippen MR) is 60.9 cm³/mol. The summed E-state index contributed by atoms with van der Waals surface area (Å²) in [5.41, 5.74) is 5.13. The highest BCUT2D eigenvalue weighted by atomic mass is 16.3. The van der Waals surface area contributed by atoms with E-state index in [2.05, 4.69) is 5.32 Å². The highest BCUT2D eigenvalue weighted by Gasteiger charge is 2.43. The van der Waals surface area contributed by atoms with E-state index in [4.69, 9.17) is 5.73 Å². The Morgan fingerprint density at radius 3 is 2.76 bits per heavy atom. The number of carbonyl (C=O) groups is 2. The second kappa shape index (κ2) is 5.01. The summed E-state index contributed by atoms with van der Waals surface area (Å²) >= 11 is 0. The number of carbonyl (C=O) groups excluding carboxylic acids is 2. The van der Waals surface area contributed by atoms with Crippen LogP contribution in [0.1, 0.15) is 12.8 Å². The first-order valence-electron chi connectivity index (χ1n) is 6.04. The van der Waals surface area contributed by atoms with Gasteiger partial charge in [-0.1, -0.05) is 0 Å². The van der Waals surface area contributed by atoms with E-state index in [1.165, 1.54) is 0 Å². The molecule has 1 aliphatic heterocycles. The second-order valence-corrected chi connectivity index (χ2v) is 4.85. The van der Waals surface area contributed by atoms with E-state index < -0.39 is 0 Å². The molecule has 2 rings (SSSR count). The lowest BCUT2D eigenvalue weighted by Crippen LogP contribution is -2.41. The van der Waals surface area contributed by atoms with Gasteiger partial charge in [0.15, 0.2) is 0 Å². The van der Waals surface area contributed by atoms with Crippen molar-refractivity contribution in [2.45, 2.75) is 18.9 Å². The maximum atomic E-state index is 11.8. The number of nitrogens with one attached hydrogen (secondary N) is 1. The molecular formula is C11H19N3O3. The summed E-state index contributed by atoms with van der Waals surface area (Å²) in [5.74, 6) is 0.245. The molecule has 1 saturated heterocycles. The summed E-state index contributed by atoms with van der Waals surface area (Å²) in [4.78, 5) is 24.5. The first kappa shape index (κ1) is 12.3. The van der Waals surface area contributed by atoms with Crippen molar-refractivity contribution in [1.29, 1.82) is 0 Å². The standard InChI is InChI=1S/C11H19N3O3/c12-3-10(16)13-4-11(17)14-5-7-1-2-9(15)8(7)6-14/h7-9,15H,1-6,12H2,(H,13,16). The summed E-state index contributed by atoms with van der Waals surface area (Å²) in [5, 5.41) is 12.2. The molecule has 0 aromatic heterocycles. The number of aliphatic hydroxyl groups excluding tert-OH is 1. The third-order valence-corrected chi connectivity index (χ3v) is 3.79. The number of likely N-dealkylation sites (tertiary alicyclic amines) is 1. The lowest BCUT2D eigenvalue weighted by atomic mass is 10.00. The Balaban J connectivity index is 1.80. The fourth-order valence-corrected chi connectivity index (χ4v) is 2.80. The number of rotatable bonds is 3. The van der Waals surface area contributed by atoms with E-state index in [9.17, 15) is 14.7 Å². The zero-order valence-electron chi connectivity index (χ0n) is 9.76. The van der Waals surface area contributed by atoms with Crippen LogP contribution in [0.2, 0.25) is 0 Å². The molecular weight excluding hydrogens is 222 g/mol. The van der Waals surface area contributed by atoms with Crippen LogP contribution in [0.15, 0.2) is 0 Å². The van der Waals surface area contributed by atoms with Crippen molar-refractivity contribution in [2.24, 2.45) is 17.6 Å². The number of nitrogens with zero attached hydrogens (tertiary/aromatic N) is 1. The second-order valence-electron chi connectivity index (χ2n) is 4.85. The van der Waals surface area contributed by atoms with E-state index in [0.29, 0.717) is 19.0 Å². The maximum absolute atomic E-state index is 11.8. The highest BCUT2D eigenvalue weighted by molar-refractivity contribution is 5.85. The van der Waals surface area contributed by atoms with Gasteiger partial charge in [0.2, 0.25) is 11.8 Å². The van der Waals surface area contributed by atoms with Crippen molar-refractivity contribution >= 4 is 11.8 Å². The van der Waals surface area contributed by atoms with Gasteiger partial charge in [0.05, 0.1) is 19.2 Å². The molecule has 2 amide bonds. The van der Waals surface area contributed by atoms with E-state index in [1.807, 2.05) is 0 Å². The van der Waals surface area contributed by atoms with Gasteiger partial charge in [0.25, 0.3) is 0 Å². The Kier molecular flexibility index (Phi) is 3.63. The first-order chi connectivity index (χ1) is 8.11. The van der Waals surface area contributed by atoms with Crippen LogP contribution in [0.4, 0.5) is 0 Å². The molecule has 6 nitrogen and oxygen atoms in total. The van der Waals surface area contributed by atoms with Crippen LogP contribution >= 0.6 is 0 Å². The average molecular weight is 241 g/mol. The van der Waals surface area contributed by atoms with E-state index in [1.54, 1.807) is 4.90 Å². The number of hydrogen-bond donors (Lipinski definition) is 3. The number of fused-ring (bicyclic) bond motifs is 1. The van der Waals surface area contributed by atoms with Gasteiger partial charge in [-0.3, -0.25) is 9.59 Å². The van der Waals surface area contributed by atoms with Crippen LogP contribution in [-0.4, -0.2) is 54.1 Å². The molecule has 3 atom stereocenters. The lowest BCUT2D eigenvalue weighted by molar-refractivity contribution is -0.132. The Morgan fingerprint density at radius 1 is 1.35 bits per heavy atom. The molecule has 6 heteroatoms. The summed E-state index contributed by atoms with van der Waals surface area (Å²) in [6, 6.07) is 0. The molecule has 96 valence electrons. The minimum Gasteiger partial charge on any atom is -0.393 e. The Bertz CT molecular complexity index is 321. The maximum Gasteiger partial charge on any atom is 0.241 e.